The van der Waals surface area contributed by atoms with E-state index in [4.69, 9.17) is 0 Å². The van der Waals surface area contributed by atoms with Crippen molar-refractivity contribution in [3.05, 3.63) is 48.7 Å². The molecule has 2 heterocycles. The normalized spacial score (nSPS) is 10.7. The fraction of sp³-hybridized carbons (Fsp3) is 0. The molecule has 3 rings (SSSR count). The van der Waals surface area contributed by atoms with Crippen LogP contribution in [0.1, 0.15) is 0 Å². The average molecular weight is 195 g/mol. The number of rotatable bonds is 1. The van der Waals surface area contributed by atoms with Gasteiger partial charge in [-0.2, -0.15) is 0 Å². The number of hydrogen-bond acceptors (Lipinski definition) is 2. The minimum absolute atomic E-state index is 0.894. The lowest BCUT2D eigenvalue weighted by molar-refractivity contribution is 1.08. The van der Waals surface area contributed by atoms with Gasteiger partial charge in [-0.05, 0) is 12.1 Å². The van der Waals surface area contributed by atoms with Crippen LogP contribution in [0.25, 0.3) is 22.3 Å². The number of H-pyrrole nitrogens is 1. The first-order valence-electron chi connectivity index (χ1n) is 4.80. The average Bonchev–Trinajstić information content (AvgIpc) is 2.77. The van der Waals surface area contributed by atoms with Gasteiger partial charge in [0.25, 0.3) is 0 Å². The van der Waals surface area contributed by atoms with Crippen molar-refractivity contribution in [2.24, 2.45) is 0 Å². The molecule has 0 amide bonds. The molecule has 0 atom stereocenters. The lowest BCUT2D eigenvalue weighted by Crippen LogP contribution is -1.87. The molecule has 3 nitrogen and oxygen atoms in total. The predicted molar refractivity (Wildman–Crippen MR) is 59.3 cm³/mol. The lowest BCUT2D eigenvalue weighted by Gasteiger charge is -1.98. The summed E-state index contributed by atoms with van der Waals surface area (Å²) < 4.78 is 0. The molecule has 0 aliphatic heterocycles. The quantitative estimate of drug-likeness (QED) is 0.648. The summed E-state index contributed by atoms with van der Waals surface area (Å²) in [5, 5.41) is 8.32. The Kier molecular flexibility index (Phi) is 1.75. The maximum absolute atomic E-state index is 4.18. The van der Waals surface area contributed by atoms with Gasteiger partial charge in [0.1, 0.15) is 5.52 Å². The molecular weight excluding hydrogens is 186 g/mol. The van der Waals surface area contributed by atoms with E-state index in [1.165, 1.54) is 0 Å². The third kappa shape index (κ3) is 1.38. The minimum Gasteiger partial charge on any atom is -0.360 e. The molecule has 0 unspecified atom stereocenters. The summed E-state index contributed by atoms with van der Waals surface area (Å²) in [6, 6.07) is 14.0. The number of aromatic nitrogens is 3. The first-order valence-corrected chi connectivity index (χ1v) is 4.80. The van der Waals surface area contributed by atoms with Gasteiger partial charge in [-0.1, -0.05) is 30.3 Å². The molecule has 0 aliphatic rings. The molecule has 15 heavy (non-hydrogen) atoms. The number of hydrogen-bond donors (Lipinski definition) is 1. The zero-order valence-electron chi connectivity index (χ0n) is 8.01. The van der Waals surface area contributed by atoms with Gasteiger partial charge in [0, 0.05) is 11.8 Å². The van der Waals surface area contributed by atoms with Gasteiger partial charge < -0.3 is 4.98 Å². The van der Waals surface area contributed by atoms with Crippen LogP contribution in [0, 0.1) is 0 Å². The molecule has 72 valence electrons. The van der Waals surface area contributed by atoms with E-state index < -0.39 is 0 Å². The molecule has 1 N–H and O–H groups in total. The Labute approximate surface area is 86.8 Å². The van der Waals surface area contributed by atoms with Crippen LogP contribution in [-0.4, -0.2) is 15.2 Å². The Morgan fingerprint density at radius 1 is 0.933 bits per heavy atom. The van der Waals surface area contributed by atoms with Crippen molar-refractivity contribution in [1.82, 2.24) is 15.2 Å². The summed E-state index contributed by atoms with van der Waals surface area (Å²) in [6.45, 7) is 0. The standard InChI is InChI=1S/C12H9N3/c1-2-4-9(5-3-1)11-8-12-10(14-15-11)6-7-13-12/h1-8,13H. The molecular formula is C12H9N3. The van der Waals surface area contributed by atoms with Crippen molar-refractivity contribution in [1.29, 1.82) is 0 Å². The van der Waals surface area contributed by atoms with E-state index in [1.807, 2.05) is 48.7 Å². The van der Waals surface area contributed by atoms with Crippen molar-refractivity contribution in [2.45, 2.75) is 0 Å². The van der Waals surface area contributed by atoms with Gasteiger partial charge in [0.15, 0.2) is 0 Å². The predicted octanol–water partition coefficient (Wildman–Crippen LogP) is 2.62. The molecule has 0 saturated carbocycles. The first-order chi connectivity index (χ1) is 7.43. The summed E-state index contributed by atoms with van der Waals surface area (Å²) in [7, 11) is 0. The second-order valence-electron chi connectivity index (χ2n) is 3.37. The van der Waals surface area contributed by atoms with Crippen LogP contribution in [0.3, 0.4) is 0 Å². The Morgan fingerprint density at radius 3 is 2.67 bits per heavy atom. The third-order valence-corrected chi connectivity index (χ3v) is 2.37. The zero-order chi connectivity index (χ0) is 10.1. The van der Waals surface area contributed by atoms with E-state index in [1.54, 1.807) is 0 Å². The van der Waals surface area contributed by atoms with Crippen LogP contribution >= 0.6 is 0 Å². The third-order valence-electron chi connectivity index (χ3n) is 2.37. The van der Waals surface area contributed by atoms with Gasteiger partial charge in [-0.25, -0.2) is 0 Å². The molecule has 2 aromatic heterocycles. The maximum atomic E-state index is 4.18. The fourth-order valence-electron chi connectivity index (χ4n) is 1.60. The highest BCUT2D eigenvalue weighted by Crippen LogP contribution is 2.18. The minimum atomic E-state index is 0.894. The van der Waals surface area contributed by atoms with Crippen molar-refractivity contribution >= 4 is 11.0 Å². The van der Waals surface area contributed by atoms with E-state index in [-0.39, 0.29) is 0 Å². The first kappa shape index (κ1) is 8.17. The van der Waals surface area contributed by atoms with Crippen molar-refractivity contribution in [3.63, 3.8) is 0 Å². The SMILES string of the molecule is c1ccc(-c2cc3[nH]ccc3nn2)cc1. The number of nitrogens with zero attached hydrogens (tertiary/aromatic N) is 2. The van der Waals surface area contributed by atoms with Crippen molar-refractivity contribution in [2.75, 3.05) is 0 Å². The largest absolute Gasteiger partial charge is 0.360 e. The van der Waals surface area contributed by atoms with Gasteiger partial charge >= 0.3 is 0 Å². The van der Waals surface area contributed by atoms with E-state index in [0.29, 0.717) is 0 Å². The van der Waals surface area contributed by atoms with Crippen LogP contribution in [0.15, 0.2) is 48.7 Å². The molecule has 0 aliphatic carbocycles. The summed E-state index contributed by atoms with van der Waals surface area (Å²) in [4.78, 5) is 3.13. The highest BCUT2D eigenvalue weighted by Gasteiger charge is 2.01. The van der Waals surface area contributed by atoms with Crippen LogP contribution in [0.4, 0.5) is 0 Å². The highest BCUT2D eigenvalue weighted by molar-refractivity contribution is 5.78. The second-order valence-corrected chi connectivity index (χ2v) is 3.37. The van der Waals surface area contributed by atoms with Gasteiger partial charge in [-0.15, -0.1) is 10.2 Å². The smallest absolute Gasteiger partial charge is 0.111 e. The number of nitrogens with one attached hydrogen (secondary N) is 1. The lowest BCUT2D eigenvalue weighted by atomic mass is 10.1. The summed E-state index contributed by atoms with van der Waals surface area (Å²) >= 11 is 0. The summed E-state index contributed by atoms with van der Waals surface area (Å²) in [5.74, 6) is 0. The van der Waals surface area contributed by atoms with Crippen LogP contribution in [0.5, 0.6) is 0 Å². The zero-order valence-corrected chi connectivity index (χ0v) is 8.01. The molecule has 1 aromatic carbocycles. The van der Waals surface area contributed by atoms with Crippen molar-refractivity contribution in [3.8, 4) is 11.3 Å². The summed E-state index contributed by atoms with van der Waals surface area (Å²) in [6.07, 6.45) is 1.87. The fourth-order valence-corrected chi connectivity index (χ4v) is 1.60. The topological polar surface area (TPSA) is 41.6 Å². The van der Waals surface area contributed by atoms with Crippen LogP contribution < -0.4 is 0 Å². The Morgan fingerprint density at radius 2 is 1.80 bits per heavy atom. The molecule has 0 fully saturated rings. The summed E-state index contributed by atoms with van der Waals surface area (Å²) in [5.41, 5.74) is 3.89. The molecule has 0 spiro atoms. The van der Waals surface area contributed by atoms with Crippen LogP contribution in [-0.2, 0) is 0 Å². The van der Waals surface area contributed by atoms with E-state index in [9.17, 15) is 0 Å². The molecule has 0 radical (unpaired) electrons. The molecule has 3 aromatic rings. The Hall–Kier alpha value is -2.16. The molecule has 0 bridgehead atoms. The van der Waals surface area contributed by atoms with E-state index in [0.717, 1.165) is 22.3 Å². The van der Waals surface area contributed by atoms with Gasteiger partial charge in [-0.3, -0.25) is 0 Å². The van der Waals surface area contributed by atoms with Gasteiger partial charge in [0.05, 0.1) is 11.2 Å². The second kappa shape index (κ2) is 3.20. The molecule has 3 heteroatoms. The Balaban J connectivity index is 2.19. The van der Waals surface area contributed by atoms with Gasteiger partial charge in [0.2, 0.25) is 0 Å². The van der Waals surface area contributed by atoms with Crippen LogP contribution in [0.2, 0.25) is 0 Å². The number of fused-ring (bicyclic) bond motifs is 1. The monoisotopic (exact) mass is 195 g/mol. The van der Waals surface area contributed by atoms with E-state index in [2.05, 4.69) is 15.2 Å². The Bertz CT molecular complexity index is 584. The highest BCUT2D eigenvalue weighted by atomic mass is 15.1. The van der Waals surface area contributed by atoms with E-state index >= 15 is 0 Å². The van der Waals surface area contributed by atoms with Crippen molar-refractivity contribution < 1.29 is 0 Å². The number of benzene rings is 1. The number of aromatic amines is 1. The maximum Gasteiger partial charge on any atom is 0.111 e. The molecule has 0 saturated heterocycles.